The lowest BCUT2D eigenvalue weighted by Crippen LogP contribution is -2.39. The molecule has 0 saturated heterocycles. The van der Waals surface area contributed by atoms with Crippen LogP contribution in [0.5, 0.6) is 0 Å². The van der Waals surface area contributed by atoms with Gasteiger partial charge in [-0.2, -0.15) is 0 Å². The highest BCUT2D eigenvalue weighted by Gasteiger charge is 2.32. The van der Waals surface area contributed by atoms with Crippen LogP contribution in [0, 0.1) is 27.6 Å². The fourth-order valence-corrected chi connectivity index (χ4v) is 3.83. The van der Waals surface area contributed by atoms with Crippen LogP contribution >= 0.6 is 0 Å². The highest BCUT2D eigenvalue weighted by molar-refractivity contribution is 5.76. The van der Waals surface area contributed by atoms with Crippen molar-refractivity contribution in [3.05, 3.63) is 0 Å². The Morgan fingerprint density at radius 1 is 0.826 bits per heavy atom. The Kier molecular flexibility index (Phi) is 7.40. The Labute approximate surface area is 146 Å². The van der Waals surface area contributed by atoms with Gasteiger partial charge in [0, 0.05) is 13.0 Å². The summed E-state index contributed by atoms with van der Waals surface area (Å²) < 4.78 is 0. The van der Waals surface area contributed by atoms with Crippen molar-refractivity contribution < 1.29 is 4.79 Å². The fraction of sp³-hybridized carbons (Fsp3) is 0.952. The average molecular weight is 326 g/mol. The number of amides is 1. The molecule has 1 N–H and O–H groups in total. The molecular weight excluding hydrogens is 282 g/mol. The Balaban J connectivity index is 4.53. The Morgan fingerprint density at radius 3 is 1.70 bits per heavy atom. The summed E-state index contributed by atoms with van der Waals surface area (Å²) in [5, 5.41) is 3.19. The average Bonchev–Trinajstić information content (AvgIpc) is 2.20. The largest absolute Gasteiger partial charge is 0.356 e. The molecule has 0 aromatic rings. The molecule has 0 bridgehead atoms. The second-order valence-electron chi connectivity index (χ2n) is 11.3. The smallest absolute Gasteiger partial charge is 0.220 e. The monoisotopic (exact) mass is 325 g/mol. The first-order valence-corrected chi connectivity index (χ1v) is 9.23. The minimum absolute atomic E-state index is 0.0453. The minimum atomic E-state index is 0.0453. The van der Waals surface area contributed by atoms with Gasteiger partial charge in [-0.1, -0.05) is 76.2 Å². The molecule has 0 rings (SSSR count). The Hall–Kier alpha value is -0.530. The Morgan fingerprint density at radius 2 is 1.30 bits per heavy atom. The van der Waals surface area contributed by atoms with Crippen molar-refractivity contribution >= 4 is 5.91 Å². The van der Waals surface area contributed by atoms with Crippen LogP contribution < -0.4 is 5.32 Å². The van der Waals surface area contributed by atoms with Gasteiger partial charge >= 0.3 is 0 Å². The van der Waals surface area contributed by atoms with Crippen molar-refractivity contribution in [2.75, 3.05) is 6.54 Å². The predicted molar refractivity (Wildman–Crippen MR) is 102 cm³/mol. The molecule has 0 unspecified atom stereocenters. The number of nitrogens with one attached hydrogen (secondary N) is 1. The lowest BCUT2D eigenvalue weighted by Gasteiger charge is -2.38. The van der Waals surface area contributed by atoms with Crippen LogP contribution in [0.3, 0.4) is 0 Å². The zero-order valence-electron chi connectivity index (χ0n) is 17.8. The third-order valence-corrected chi connectivity index (χ3v) is 4.91. The van der Waals surface area contributed by atoms with E-state index in [1.54, 1.807) is 0 Å². The van der Waals surface area contributed by atoms with Crippen LogP contribution in [-0.2, 0) is 4.79 Å². The van der Waals surface area contributed by atoms with E-state index in [0.717, 1.165) is 19.4 Å². The van der Waals surface area contributed by atoms with Gasteiger partial charge in [0.1, 0.15) is 0 Å². The highest BCUT2D eigenvalue weighted by Crippen LogP contribution is 2.39. The van der Waals surface area contributed by atoms with E-state index in [2.05, 4.69) is 81.5 Å². The lowest BCUT2D eigenvalue weighted by atomic mass is 9.69. The summed E-state index contributed by atoms with van der Waals surface area (Å²) in [5.74, 6) is 0.831. The first-order chi connectivity index (χ1) is 9.96. The van der Waals surface area contributed by atoms with Crippen LogP contribution in [-0.4, -0.2) is 12.5 Å². The third kappa shape index (κ3) is 10.0. The van der Waals surface area contributed by atoms with Gasteiger partial charge < -0.3 is 5.32 Å². The number of hydrogen-bond acceptors (Lipinski definition) is 1. The molecule has 0 fully saturated rings. The molecule has 0 aromatic heterocycles. The molecule has 0 spiro atoms. The maximum atomic E-state index is 12.4. The van der Waals surface area contributed by atoms with Crippen molar-refractivity contribution in [1.29, 1.82) is 0 Å². The van der Waals surface area contributed by atoms with Crippen LogP contribution in [0.15, 0.2) is 0 Å². The predicted octanol–water partition coefficient (Wildman–Crippen LogP) is 6.05. The highest BCUT2D eigenvalue weighted by atomic mass is 16.1. The first-order valence-electron chi connectivity index (χ1n) is 9.23. The maximum Gasteiger partial charge on any atom is 0.220 e. The lowest BCUT2D eigenvalue weighted by molar-refractivity contribution is -0.124. The molecule has 0 saturated carbocycles. The molecule has 0 radical (unpaired) electrons. The molecule has 0 atom stereocenters. The van der Waals surface area contributed by atoms with Crippen molar-refractivity contribution in [2.24, 2.45) is 27.6 Å². The van der Waals surface area contributed by atoms with E-state index in [1.807, 2.05) is 0 Å². The van der Waals surface area contributed by atoms with Gasteiger partial charge in [-0.05, 0) is 40.4 Å². The minimum Gasteiger partial charge on any atom is -0.356 e. The zero-order valence-corrected chi connectivity index (χ0v) is 17.8. The molecular formula is C21H43NO. The molecule has 0 heterocycles. The van der Waals surface area contributed by atoms with E-state index in [4.69, 9.17) is 0 Å². The van der Waals surface area contributed by atoms with E-state index in [-0.39, 0.29) is 22.2 Å². The number of carbonyl (C=O) groups is 1. The third-order valence-electron chi connectivity index (χ3n) is 4.91. The molecule has 2 nitrogen and oxygen atoms in total. The molecule has 2 heteroatoms. The number of hydrogen-bond donors (Lipinski definition) is 1. The second-order valence-corrected chi connectivity index (χ2v) is 11.3. The van der Waals surface area contributed by atoms with Crippen molar-refractivity contribution in [1.82, 2.24) is 5.32 Å². The molecule has 0 aliphatic carbocycles. The number of rotatable bonds is 8. The molecule has 0 aliphatic heterocycles. The van der Waals surface area contributed by atoms with Gasteiger partial charge in [0.25, 0.3) is 0 Å². The summed E-state index contributed by atoms with van der Waals surface area (Å²) in [6.45, 7) is 25.6. The summed E-state index contributed by atoms with van der Waals surface area (Å²) in [6.07, 6.45) is 2.77. The van der Waals surface area contributed by atoms with E-state index < -0.39 is 0 Å². The second kappa shape index (κ2) is 7.57. The first kappa shape index (κ1) is 22.5. The molecule has 0 aliphatic rings. The van der Waals surface area contributed by atoms with Crippen LogP contribution in [0.4, 0.5) is 0 Å². The topological polar surface area (TPSA) is 29.1 Å². The van der Waals surface area contributed by atoms with Gasteiger partial charge in [-0.25, -0.2) is 0 Å². The maximum absolute atomic E-state index is 12.4. The van der Waals surface area contributed by atoms with Crippen LogP contribution in [0.1, 0.15) is 95.4 Å². The fourth-order valence-electron chi connectivity index (χ4n) is 3.83. The summed E-state index contributed by atoms with van der Waals surface area (Å²) in [5.41, 5.74) is 0.714. The molecule has 1 amide bonds. The number of carbonyl (C=O) groups excluding carboxylic acids is 1. The van der Waals surface area contributed by atoms with Gasteiger partial charge in [0.05, 0.1) is 0 Å². The summed E-state index contributed by atoms with van der Waals surface area (Å²) >= 11 is 0. The zero-order chi connectivity index (χ0) is 18.7. The van der Waals surface area contributed by atoms with Crippen molar-refractivity contribution in [2.45, 2.75) is 95.4 Å². The molecule has 138 valence electrons. The van der Waals surface area contributed by atoms with Crippen LogP contribution in [0.2, 0.25) is 0 Å². The van der Waals surface area contributed by atoms with Crippen molar-refractivity contribution in [3.63, 3.8) is 0 Å². The molecule has 0 aromatic carbocycles. The van der Waals surface area contributed by atoms with Gasteiger partial charge in [0.2, 0.25) is 5.91 Å². The normalized spacial score (nSPS) is 14.3. The van der Waals surface area contributed by atoms with Crippen molar-refractivity contribution in [3.8, 4) is 0 Å². The van der Waals surface area contributed by atoms with Gasteiger partial charge in [-0.3, -0.25) is 4.79 Å². The standard InChI is InChI=1S/C21H43NO/c1-16(2)21(10,11)14-20(8,9)15-22-17(23)12-19(6,7)13-18(3,4)5/h16H,12-15H2,1-11H3,(H,22,23). The van der Waals surface area contributed by atoms with E-state index >= 15 is 0 Å². The van der Waals surface area contributed by atoms with E-state index in [0.29, 0.717) is 17.8 Å². The van der Waals surface area contributed by atoms with E-state index in [1.165, 1.54) is 0 Å². The molecule has 23 heavy (non-hydrogen) atoms. The van der Waals surface area contributed by atoms with Gasteiger partial charge in [-0.15, -0.1) is 0 Å². The summed E-state index contributed by atoms with van der Waals surface area (Å²) in [6, 6.07) is 0. The van der Waals surface area contributed by atoms with Gasteiger partial charge in [0.15, 0.2) is 0 Å². The quantitative estimate of drug-likeness (QED) is 0.578. The Bertz CT molecular complexity index is 383. The summed E-state index contributed by atoms with van der Waals surface area (Å²) in [4.78, 5) is 12.4. The van der Waals surface area contributed by atoms with E-state index in [9.17, 15) is 4.79 Å². The summed E-state index contributed by atoms with van der Waals surface area (Å²) in [7, 11) is 0. The van der Waals surface area contributed by atoms with Crippen LogP contribution in [0.25, 0.3) is 0 Å². The SMILES string of the molecule is CC(C)C(C)(C)CC(C)(C)CNC(=O)CC(C)(C)CC(C)(C)C.